The first-order valence-electron chi connectivity index (χ1n) is 4.08. The van der Waals surface area contributed by atoms with E-state index in [1.165, 1.54) is 0 Å². The molecule has 3 unspecified atom stereocenters. The van der Waals surface area contributed by atoms with Crippen LogP contribution in [0.3, 0.4) is 0 Å². The number of hydrogen-bond acceptors (Lipinski definition) is 2. The Morgan fingerprint density at radius 1 is 1.75 bits per heavy atom. The van der Waals surface area contributed by atoms with Crippen LogP contribution >= 0.6 is 7.37 Å². The van der Waals surface area contributed by atoms with E-state index in [1.54, 1.807) is 6.66 Å². The molecule has 2 nitrogen and oxygen atoms in total. The fourth-order valence-corrected chi connectivity index (χ4v) is 3.39. The molecule has 3 atom stereocenters. The predicted molar refractivity (Wildman–Crippen MR) is 50.5 cm³/mol. The van der Waals surface area contributed by atoms with E-state index in [9.17, 15) is 4.57 Å². The van der Waals surface area contributed by atoms with Crippen LogP contribution in [-0.2, 0) is 9.09 Å². The zero-order valence-electron chi connectivity index (χ0n) is 7.83. The molecular weight excluding hydrogens is 171 g/mol. The zero-order chi connectivity index (χ0) is 9.41. The second-order valence-corrected chi connectivity index (χ2v) is 6.58. The molecule has 0 aromatic carbocycles. The number of rotatable bonds is 0. The average Bonchev–Trinajstić information content (AvgIpc) is 1.97. The summed E-state index contributed by atoms with van der Waals surface area (Å²) in [6, 6.07) is 0. The highest BCUT2D eigenvalue weighted by atomic mass is 31.2. The smallest absolute Gasteiger partial charge is 0.200 e. The lowest BCUT2D eigenvalue weighted by Gasteiger charge is -2.37. The lowest BCUT2D eigenvalue weighted by molar-refractivity contribution is 0.143. The van der Waals surface area contributed by atoms with Crippen molar-refractivity contribution in [2.45, 2.75) is 13.8 Å². The van der Waals surface area contributed by atoms with Gasteiger partial charge in [-0.1, -0.05) is 12.8 Å². The Bertz CT molecular complexity index is 266. The molecule has 1 aliphatic heterocycles. The number of hydrogen-bond donors (Lipinski definition) is 0. The van der Waals surface area contributed by atoms with Crippen LogP contribution in [0.2, 0.25) is 0 Å². The fraction of sp³-hybridized carbons (Fsp3) is 0.778. The normalized spacial score (nSPS) is 48.3. The van der Waals surface area contributed by atoms with Gasteiger partial charge in [0.2, 0.25) is 7.37 Å². The van der Waals surface area contributed by atoms with Crippen molar-refractivity contribution in [3.63, 3.8) is 0 Å². The SMILES string of the molecule is C#CC1(C)COP(C)(=O)CC1C. The van der Waals surface area contributed by atoms with Gasteiger partial charge < -0.3 is 4.52 Å². The predicted octanol–water partition coefficient (Wildman–Crippen LogP) is 2.20. The van der Waals surface area contributed by atoms with E-state index in [2.05, 4.69) is 5.92 Å². The molecule has 0 spiro atoms. The highest BCUT2D eigenvalue weighted by molar-refractivity contribution is 7.58. The lowest BCUT2D eigenvalue weighted by atomic mass is 9.81. The highest BCUT2D eigenvalue weighted by Gasteiger charge is 2.39. The van der Waals surface area contributed by atoms with Crippen molar-refractivity contribution in [3.8, 4) is 12.3 Å². The monoisotopic (exact) mass is 186 g/mol. The van der Waals surface area contributed by atoms with Crippen LogP contribution in [0.4, 0.5) is 0 Å². The average molecular weight is 186 g/mol. The quantitative estimate of drug-likeness (QED) is 0.428. The van der Waals surface area contributed by atoms with E-state index in [-0.39, 0.29) is 11.3 Å². The van der Waals surface area contributed by atoms with Crippen LogP contribution in [0.25, 0.3) is 0 Å². The lowest BCUT2D eigenvalue weighted by Crippen LogP contribution is -2.35. The molecule has 12 heavy (non-hydrogen) atoms. The van der Waals surface area contributed by atoms with Crippen LogP contribution < -0.4 is 0 Å². The molecule has 0 aromatic rings. The van der Waals surface area contributed by atoms with Gasteiger partial charge in [-0.25, -0.2) is 0 Å². The summed E-state index contributed by atoms with van der Waals surface area (Å²) in [5.74, 6) is 3.01. The topological polar surface area (TPSA) is 26.3 Å². The standard InChI is InChI=1S/C9H15O2P/c1-5-9(3)7-11-12(4,10)6-8(9)2/h1,8H,6-7H2,2-4H3. The Hall–Kier alpha value is -0.250. The molecule has 1 aliphatic rings. The summed E-state index contributed by atoms with van der Waals surface area (Å²) in [6.07, 6.45) is 6.00. The molecule has 1 rings (SSSR count). The van der Waals surface area contributed by atoms with Gasteiger partial charge in [0, 0.05) is 12.8 Å². The maximum atomic E-state index is 11.6. The van der Waals surface area contributed by atoms with Gasteiger partial charge in [-0.15, -0.1) is 6.42 Å². The van der Waals surface area contributed by atoms with Gasteiger partial charge in [-0.2, -0.15) is 0 Å². The van der Waals surface area contributed by atoms with Gasteiger partial charge in [0.05, 0.1) is 12.0 Å². The van der Waals surface area contributed by atoms with Crippen molar-refractivity contribution in [2.24, 2.45) is 11.3 Å². The minimum Gasteiger partial charge on any atom is -0.327 e. The molecule has 1 fully saturated rings. The Labute approximate surface area is 74.1 Å². The second-order valence-electron chi connectivity index (χ2n) is 3.93. The largest absolute Gasteiger partial charge is 0.327 e. The molecule has 0 radical (unpaired) electrons. The molecule has 0 bridgehead atoms. The molecule has 0 aromatic heterocycles. The van der Waals surface area contributed by atoms with E-state index in [4.69, 9.17) is 10.9 Å². The molecule has 0 saturated carbocycles. The Kier molecular flexibility index (Phi) is 2.38. The van der Waals surface area contributed by atoms with E-state index >= 15 is 0 Å². The minimum absolute atomic E-state index is 0.232. The first-order valence-corrected chi connectivity index (χ1v) is 6.34. The Morgan fingerprint density at radius 2 is 2.33 bits per heavy atom. The molecule has 0 N–H and O–H groups in total. The van der Waals surface area contributed by atoms with Crippen LogP contribution in [-0.4, -0.2) is 19.4 Å². The van der Waals surface area contributed by atoms with E-state index in [1.807, 2.05) is 13.8 Å². The Morgan fingerprint density at radius 3 is 2.75 bits per heavy atom. The third kappa shape index (κ3) is 1.73. The van der Waals surface area contributed by atoms with Crippen molar-refractivity contribution < 1.29 is 9.09 Å². The summed E-state index contributed by atoms with van der Waals surface area (Å²) >= 11 is 0. The third-order valence-corrected chi connectivity index (χ3v) is 4.55. The maximum absolute atomic E-state index is 11.6. The van der Waals surface area contributed by atoms with E-state index in [0.29, 0.717) is 12.8 Å². The second kappa shape index (κ2) is 2.91. The van der Waals surface area contributed by atoms with Gasteiger partial charge in [0.15, 0.2) is 0 Å². The molecule has 3 heteroatoms. The van der Waals surface area contributed by atoms with Crippen molar-refractivity contribution in [2.75, 3.05) is 19.4 Å². The van der Waals surface area contributed by atoms with Gasteiger partial charge >= 0.3 is 0 Å². The van der Waals surface area contributed by atoms with Crippen LogP contribution in [0.5, 0.6) is 0 Å². The summed E-state index contributed by atoms with van der Waals surface area (Å²) < 4.78 is 16.8. The van der Waals surface area contributed by atoms with Crippen molar-refractivity contribution >= 4 is 7.37 Å². The van der Waals surface area contributed by atoms with Crippen molar-refractivity contribution in [3.05, 3.63) is 0 Å². The first kappa shape index (κ1) is 9.84. The minimum atomic E-state index is -2.33. The molecule has 1 saturated heterocycles. The molecule has 0 aliphatic carbocycles. The van der Waals surface area contributed by atoms with E-state index < -0.39 is 7.37 Å². The van der Waals surface area contributed by atoms with Crippen molar-refractivity contribution in [1.82, 2.24) is 0 Å². The fourth-order valence-electron chi connectivity index (χ4n) is 1.35. The van der Waals surface area contributed by atoms with Crippen LogP contribution in [0.1, 0.15) is 13.8 Å². The maximum Gasteiger partial charge on any atom is 0.200 e. The summed E-state index contributed by atoms with van der Waals surface area (Å²) in [5, 5.41) is 0. The van der Waals surface area contributed by atoms with Crippen molar-refractivity contribution in [1.29, 1.82) is 0 Å². The Balaban J connectivity index is 2.81. The van der Waals surface area contributed by atoms with Gasteiger partial charge in [0.1, 0.15) is 0 Å². The zero-order valence-corrected chi connectivity index (χ0v) is 8.73. The van der Waals surface area contributed by atoms with Gasteiger partial charge in [-0.05, 0) is 12.8 Å². The summed E-state index contributed by atoms with van der Waals surface area (Å²) in [5.41, 5.74) is -0.232. The summed E-state index contributed by atoms with van der Waals surface area (Å²) in [4.78, 5) is 0. The van der Waals surface area contributed by atoms with Crippen LogP contribution in [0, 0.1) is 23.7 Å². The number of terminal acetylenes is 1. The molecule has 0 amide bonds. The van der Waals surface area contributed by atoms with Gasteiger partial charge in [-0.3, -0.25) is 4.57 Å². The molecular formula is C9H15O2P. The molecule has 1 heterocycles. The summed E-state index contributed by atoms with van der Waals surface area (Å²) in [7, 11) is -2.33. The van der Waals surface area contributed by atoms with E-state index in [0.717, 1.165) is 0 Å². The first-order chi connectivity index (χ1) is 5.40. The van der Waals surface area contributed by atoms with Crippen LogP contribution in [0.15, 0.2) is 0 Å². The van der Waals surface area contributed by atoms with Gasteiger partial charge in [0.25, 0.3) is 0 Å². The highest BCUT2D eigenvalue weighted by Crippen LogP contribution is 2.53. The third-order valence-electron chi connectivity index (χ3n) is 2.66. The molecule has 68 valence electrons. The summed E-state index contributed by atoms with van der Waals surface area (Å²) in [6.45, 7) is 6.13.